The van der Waals surface area contributed by atoms with Crippen molar-refractivity contribution in [2.75, 3.05) is 0 Å². The van der Waals surface area contributed by atoms with Crippen molar-refractivity contribution >= 4 is 4.29 Å². The number of H-pyrrole nitrogens is 1. The molecule has 1 nitrogen and oxygen atoms in total. The summed E-state index contributed by atoms with van der Waals surface area (Å²) in [5, 5.41) is 0. The molecule has 4 heteroatoms. The summed E-state index contributed by atoms with van der Waals surface area (Å²) in [5.41, 5.74) is 1.30. The Balaban J connectivity index is 0. The van der Waals surface area contributed by atoms with E-state index in [4.69, 9.17) is 0 Å². The Labute approximate surface area is 77.1 Å². The Kier molecular flexibility index (Phi) is 7.15. The van der Waals surface area contributed by atoms with Crippen LogP contribution in [0.3, 0.4) is 0 Å². The van der Waals surface area contributed by atoms with Crippen molar-refractivity contribution < 1.29 is 43.1 Å². The Morgan fingerprint density at radius 3 is 2.11 bits per heavy atom. The van der Waals surface area contributed by atoms with Crippen molar-refractivity contribution in [2.45, 2.75) is 6.92 Å². The average molecular weight is 252 g/mol. The van der Waals surface area contributed by atoms with Crippen molar-refractivity contribution in [3.63, 3.8) is 0 Å². The van der Waals surface area contributed by atoms with Crippen molar-refractivity contribution in [1.29, 1.82) is 0 Å². The molecular weight excluding hydrogens is 246 g/mol. The number of nitrogens with one attached hydrogen (secondary N) is 1. The molecule has 0 amide bonds. The fraction of sp³-hybridized carbons (Fsp3) is 0.200. The molecule has 1 rings (SSSR count). The molecule has 1 aromatic rings. The van der Waals surface area contributed by atoms with Gasteiger partial charge in [0.25, 0.3) is 0 Å². The number of halogens is 2. The average Bonchev–Trinajstić information content (AvgIpc) is 1.91. The first-order valence-electron chi connectivity index (χ1n) is 2.09. The van der Waals surface area contributed by atoms with Crippen LogP contribution in [-0.2, 0) is 18.3 Å². The van der Waals surface area contributed by atoms with Gasteiger partial charge in [-0.3, -0.25) is 0 Å². The van der Waals surface area contributed by atoms with Crippen molar-refractivity contribution in [3.8, 4) is 0 Å². The first-order chi connectivity index (χ1) is 3.30. The molecule has 0 bridgehead atoms. The van der Waals surface area contributed by atoms with Gasteiger partial charge in [0.1, 0.15) is 0 Å². The van der Waals surface area contributed by atoms with Crippen LogP contribution < -0.4 is 29.1 Å². The predicted molar refractivity (Wildman–Crippen MR) is 25.2 cm³/mol. The Morgan fingerprint density at radius 1 is 1.44 bits per heavy atom. The molecule has 0 aliphatic rings. The zero-order chi connectivity index (χ0) is 5.28. The van der Waals surface area contributed by atoms with Crippen molar-refractivity contribution in [3.05, 3.63) is 17.8 Å². The van der Waals surface area contributed by atoms with E-state index in [2.05, 4.69) is 30.2 Å². The summed E-state index contributed by atoms with van der Waals surface area (Å²) < 4.78 is 1.19. The molecule has 0 saturated heterocycles. The summed E-state index contributed by atoms with van der Waals surface area (Å²) in [5.74, 6) is 0. The minimum atomic E-state index is 0. The molecule has 0 fully saturated rings. The summed E-state index contributed by atoms with van der Waals surface area (Å²) in [6, 6.07) is 2.05. The largest absolute Gasteiger partial charge is 1.00 e. The molecule has 0 aromatic carbocycles. The SMILES string of the molecule is Cc1cc[nH][c]1[Ru+2].[Cl-].[Cl-]. The van der Waals surface area contributed by atoms with E-state index in [-0.39, 0.29) is 24.8 Å². The summed E-state index contributed by atoms with van der Waals surface area (Å²) in [6.07, 6.45) is 1.93. The van der Waals surface area contributed by atoms with Crippen LogP contribution in [0.5, 0.6) is 0 Å². The summed E-state index contributed by atoms with van der Waals surface area (Å²) in [6.45, 7) is 2.07. The number of rotatable bonds is 0. The van der Waals surface area contributed by atoms with E-state index in [9.17, 15) is 0 Å². The van der Waals surface area contributed by atoms with Crippen LogP contribution in [0.1, 0.15) is 5.56 Å². The van der Waals surface area contributed by atoms with E-state index in [0.717, 1.165) is 0 Å². The number of aryl methyl sites for hydroxylation is 1. The second-order valence-corrected chi connectivity index (χ2v) is 2.33. The molecule has 9 heavy (non-hydrogen) atoms. The molecule has 0 aliphatic carbocycles. The van der Waals surface area contributed by atoms with Gasteiger partial charge in [-0.05, 0) is 0 Å². The zero-order valence-electron chi connectivity index (χ0n) is 4.76. The molecule has 0 spiro atoms. The van der Waals surface area contributed by atoms with Crippen molar-refractivity contribution in [1.82, 2.24) is 4.98 Å². The van der Waals surface area contributed by atoms with Gasteiger partial charge in [-0.25, -0.2) is 0 Å². The Morgan fingerprint density at radius 2 is 2.00 bits per heavy atom. The standard InChI is InChI=1S/C5H6N.2ClH.Ru/c1-5-2-3-6-4-5;;;/h2-3,6H,1H3;2*1H;/q;;;+2/p-2. The molecule has 0 atom stereocenters. The van der Waals surface area contributed by atoms with E-state index in [0.29, 0.717) is 0 Å². The molecule has 0 saturated carbocycles. The third-order valence-electron chi connectivity index (χ3n) is 0.876. The van der Waals surface area contributed by atoms with Gasteiger partial charge in [0, 0.05) is 0 Å². The maximum absolute atomic E-state index is 3.04. The van der Waals surface area contributed by atoms with E-state index in [1.165, 1.54) is 9.85 Å². The van der Waals surface area contributed by atoms with E-state index < -0.39 is 0 Å². The molecule has 1 N–H and O–H groups in total. The third kappa shape index (κ3) is 3.24. The monoisotopic (exact) mass is 252 g/mol. The number of hydrogen-bond donors (Lipinski definition) is 1. The minimum absolute atomic E-state index is 0. The minimum Gasteiger partial charge on any atom is -1.00 e. The second kappa shape index (κ2) is 5.28. The predicted octanol–water partition coefficient (Wildman–Crippen LogP) is -5.50. The zero-order valence-corrected chi connectivity index (χ0v) is 8.01. The van der Waals surface area contributed by atoms with Gasteiger partial charge in [-0.15, -0.1) is 0 Å². The number of hydrogen-bond acceptors (Lipinski definition) is 0. The van der Waals surface area contributed by atoms with E-state index in [1.807, 2.05) is 12.3 Å². The fourth-order valence-corrected chi connectivity index (χ4v) is 0.712. The van der Waals surface area contributed by atoms with Crippen LogP contribution in [0.4, 0.5) is 0 Å². The number of aromatic amines is 1. The Hall–Kier alpha value is 0.483. The normalized spacial score (nSPS) is 7.22. The maximum Gasteiger partial charge on any atom is -1.00 e. The van der Waals surface area contributed by atoms with E-state index in [1.54, 1.807) is 0 Å². The molecule has 1 heterocycles. The van der Waals surface area contributed by atoms with Crippen LogP contribution in [0, 0.1) is 6.92 Å². The van der Waals surface area contributed by atoms with Gasteiger partial charge >= 0.3 is 52.3 Å². The van der Waals surface area contributed by atoms with Gasteiger partial charge in [-0.1, -0.05) is 0 Å². The van der Waals surface area contributed by atoms with Gasteiger partial charge in [0.05, 0.1) is 0 Å². The van der Waals surface area contributed by atoms with Crippen LogP contribution in [0.2, 0.25) is 0 Å². The van der Waals surface area contributed by atoms with Gasteiger partial charge in [0.2, 0.25) is 0 Å². The fourth-order valence-electron chi connectivity index (χ4n) is 0.423. The Bertz CT molecular complexity index is 147. The summed E-state index contributed by atoms with van der Waals surface area (Å²) in [7, 11) is 0. The van der Waals surface area contributed by atoms with Crippen LogP contribution >= 0.6 is 0 Å². The molecule has 1 aromatic heterocycles. The number of aromatic nitrogens is 1. The molecule has 0 radical (unpaired) electrons. The molecule has 53 valence electrons. The third-order valence-corrected chi connectivity index (χ3v) is 1.81. The van der Waals surface area contributed by atoms with Crippen LogP contribution in [0.15, 0.2) is 12.3 Å². The topological polar surface area (TPSA) is 15.8 Å². The smallest absolute Gasteiger partial charge is 1.00 e. The second-order valence-electron chi connectivity index (χ2n) is 1.46. The van der Waals surface area contributed by atoms with Crippen LogP contribution in [0.25, 0.3) is 0 Å². The first-order valence-corrected chi connectivity index (χ1v) is 2.96. The quantitative estimate of drug-likeness (QED) is 0.443. The maximum atomic E-state index is 3.04. The molecule has 0 aliphatic heterocycles. The van der Waals surface area contributed by atoms with Crippen molar-refractivity contribution in [2.24, 2.45) is 0 Å². The van der Waals surface area contributed by atoms with E-state index >= 15 is 0 Å². The van der Waals surface area contributed by atoms with Gasteiger partial charge in [0.15, 0.2) is 0 Å². The molecule has 0 unspecified atom stereocenters. The van der Waals surface area contributed by atoms with Gasteiger partial charge in [-0.2, -0.15) is 0 Å². The summed E-state index contributed by atoms with van der Waals surface area (Å²) >= 11 is 2.53. The summed E-state index contributed by atoms with van der Waals surface area (Å²) in [4.78, 5) is 3.04. The van der Waals surface area contributed by atoms with Gasteiger partial charge < -0.3 is 24.8 Å². The molecular formula is C5H6Cl2NRu. The van der Waals surface area contributed by atoms with Crippen LogP contribution in [-0.4, -0.2) is 4.98 Å². The first kappa shape index (κ1) is 12.2.